The van der Waals surface area contributed by atoms with Gasteiger partial charge in [-0.05, 0) is 36.8 Å². The minimum absolute atomic E-state index is 0.333. The van der Waals surface area contributed by atoms with Crippen LogP contribution in [-0.2, 0) is 0 Å². The molecule has 0 aliphatic rings. The summed E-state index contributed by atoms with van der Waals surface area (Å²) in [6, 6.07) is 11.4. The molecule has 4 heteroatoms. The third kappa shape index (κ3) is 2.91. The van der Waals surface area contributed by atoms with Crippen molar-refractivity contribution in [2.45, 2.75) is 6.92 Å². The van der Waals surface area contributed by atoms with Crippen LogP contribution in [0.3, 0.4) is 0 Å². The Hall–Kier alpha value is -2.36. The van der Waals surface area contributed by atoms with Crippen molar-refractivity contribution in [2.75, 3.05) is 12.4 Å². The van der Waals surface area contributed by atoms with Gasteiger partial charge in [-0.1, -0.05) is 18.2 Å². The van der Waals surface area contributed by atoms with E-state index in [0.717, 1.165) is 0 Å². The van der Waals surface area contributed by atoms with Crippen LogP contribution in [0.4, 0.5) is 10.1 Å². The second-order valence-electron chi connectivity index (χ2n) is 4.12. The van der Waals surface area contributed by atoms with E-state index in [1.165, 1.54) is 13.2 Å². The number of para-hydroxylation sites is 1. The number of benzene rings is 2. The molecule has 1 N–H and O–H groups in total. The Balaban J connectivity index is 2.23. The van der Waals surface area contributed by atoms with Gasteiger partial charge in [0.05, 0.1) is 12.7 Å². The van der Waals surface area contributed by atoms with Gasteiger partial charge in [-0.15, -0.1) is 0 Å². The Kier molecular flexibility index (Phi) is 3.80. The maximum Gasteiger partial charge on any atom is 0.259 e. The number of rotatable bonds is 3. The summed E-state index contributed by atoms with van der Waals surface area (Å²) in [6.45, 7) is 1.67. The van der Waals surface area contributed by atoms with Crippen LogP contribution in [0.15, 0.2) is 42.5 Å². The van der Waals surface area contributed by atoms with E-state index >= 15 is 0 Å². The number of hydrogen-bond donors (Lipinski definition) is 1. The summed E-state index contributed by atoms with van der Waals surface area (Å²) in [5.41, 5.74) is 1.36. The van der Waals surface area contributed by atoms with Gasteiger partial charge in [0.25, 0.3) is 5.91 Å². The van der Waals surface area contributed by atoms with Gasteiger partial charge in [0.15, 0.2) is 0 Å². The second-order valence-corrected chi connectivity index (χ2v) is 4.12. The lowest BCUT2D eigenvalue weighted by molar-refractivity contribution is 0.102. The molecule has 2 aromatic rings. The highest BCUT2D eigenvalue weighted by Gasteiger charge is 2.12. The Morgan fingerprint density at radius 2 is 1.95 bits per heavy atom. The third-order valence-electron chi connectivity index (χ3n) is 2.78. The summed E-state index contributed by atoms with van der Waals surface area (Å²) in [7, 11) is 1.50. The molecule has 0 saturated carbocycles. The van der Waals surface area contributed by atoms with E-state index in [2.05, 4.69) is 5.32 Å². The predicted octanol–water partition coefficient (Wildman–Crippen LogP) is 3.40. The van der Waals surface area contributed by atoms with Crippen molar-refractivity contribution in [1.82, 2.24) is 0 Å². The highest BCUT2D eigenvalue weighted by atomic mass is 19.1. The molecule has 1 amide bonds. The van der Waals surface area contributed by atoms with Gasteiger partial charge in [0.1, 0.15) is 11.6 Å². The summed E-state index contributed by atoms with van der Waals surface area (Å²) in [4.78, 5) is 12.1. The van der Waals surface area contributed by atoms with E-state index < -0.39 is 0 Å². The molecule has 19 heavy (non-hydrogen) atoms. The first-order chi connectivity index (χ1) is 9.11. The number of halogens is 1. The van der Waals surface area contributed by atoms with Gasteiger partial charge in [-0.25, -0.2) is 4.39 Å². The number of carbonyl (C=O) groups excluding carboxylic acids is 1. The normalized spacial score (nSPS) is 10.1. The fraction of sp³-hybridized carbons (Fsp3) is 0.133. The first kappa shape index (κ1) is 13.1. The first-order valence-electron chi connectivity index (χ1n) is 5.82. The van der Waals surface area contributed by atoms with E-state index in [1.54, 1.807) is 43.3 Å². The van der Waals surface area contributed by atoms with Crippen LogP contribution in [0.2, 0.25) is 0 Å². The zero-order valence-corrected chi connectivity index (χ0v) is 10.7. The van der Waals surface area contributed by atoms with E-state index in [4.69, 9.17) is 4.74 Å². The molecule has 0 fully saturated rings. The van der Waals surface area contributed by atoms with Crippen LogP contribution >= 0.6 is 0 Å². The largest absolute Gasteiger partial charge is 0.496 e. The lowest BCUT2D eigenvalue weighted by Crippen LogP contribution is -2.13. The Morgan fingerprint density at radius 1 is 1.21 bits per heavy atom. The molecule has 0 bridgehead atoms. The number of amides is 1. The maximum atomic E-state index is 13.4. The first-order valence-corrected chi connectivity index (χ1v) is 5.82. The standard InChI is InChI=1S/C15H14FNO2/c1-10-7-8-11(9-13(10)16)17-15(18)12-5-3-4-6-14(12)19-2/h3-9H,1-2H3,(H,17,18). The van der Waals surface area contributed by atoms with Crippen molar-refractivity contribution in [3.05, 3.63) is 59.4 Å². The summed E-state index contributed by atoms with van der Waals surface area (Å²) in [6.07, 6.45) is 0. The van der Waals surface area contributed by atoms with Gasteiger partial charge in [-0.3, -0.25) is 4.79 Å². The molecular formula is C15H14FNO2. The van der Waals surface area contributed by atoms with E-state index in [9.17, 15) is 9.18 Å². The molecule has 0 heterocycles. The molecule has 0 aliphatic heterocycles. The van der Waals surface area contributed by atoms with E-state index in [-0.39, 0.29) is 11.7 Å². The van der Waals surface area contributed by atoms with Crippen molar-refractivity contribution < 1.29 is 13.9 Å². The van der Waals surface area contributed by atoms with Crippen LogP contribution in [0.25, 0.3) is 0 Å². The van der Waals surface area contributed by atoms with Crippen LogP contribution in [0, 0.1) is 12.7 Å². The summed E-state index contributed by atoms with van der Waals surface area (Å²) >= 11 is 0. The highest BCUT2D eigenvalue weighted by molar-refractivity contribution is 6.06. The zero-order chi connectivity index (χ0) is 13.8. The number of hydrogen-bond acceptors (Lipinski definition) is 2. The number of carbonyl (C=O) groups is 1. The quantitative estimate of drug-likeness (QED) is 0.917. The number of methoxy groups -OCH3 is 1. The fourth-order valence-electron chi connectivity index (χ4n) is 1.70. The molecule has 0 radical (unpaired) electrons. The summed E-state index contributed by atoms with van der Waals surface area (Å²) in [5.74, 6) is -0.203. The van der Waals surface area contributed by atoms with Crippen molar-refractivity contribution >= 4 is 11.6 Å². The maximum absolute atomic E-state index is 13.4. The van der Waals surface area contributed by atoms with Crippen molar-refractivity contribution in [1.29, 1.82) is 0 Å². The molecule has 0 atom stereocenters. The predicted molar refractivity (Wildman–Crippen MR) is 72.1 cm³/mol. The molecule has 2 rings (SSSR count). The number of aryl methyl sites for hydroxylation is 1. The van der Waals surface area contributed by atoms with Crippen LogP contribution in [-0.4, -0.2) is 13.0 Å². The second kappa shape index (κ2) is 5.52. The van der Waals surface area contributed by atoms with Gasteiger partial charge in [-0.2, -0.15) is 0 Å². The molecule has 98 valence electrons. The Bertz CT molecular complexity index is 611. The van der Waals surface area contributed by atoms with Crippen molar-refractivity contribution in [3.8, 4) is 5.75 Å². The monoisotopic (exact) mass is 259 g/mol. The smallest absolute Gasteiger partial charge is 0.259 e. The topological polar surface area (TPSA) is 38.3 Å². The molecular weight excluding hydrogens is 245 g/mol. The van der Waals surface area contributed by atoms with Crippen LogP contribution in [0.1, 0.15) is 15.9 Å². The van der Waals surface area contributed by atoms with Crippen molar-refractivity contribution in [3.63, 3.8) is 0 Å². The molecule has 3 nitrogen and oxygen atoms in total. The Labute approximate surface area is 111 Å². The van der Waals surface area contributed by atoms with Crippen LogP contribution in [0.5, 0.6) is 5.75 Å². The van der Waals surface area contributed by atoms with E-state index in [1.807, 2.05) is 0 Å². The van der Waals surface area contributed by atoms with Gasteiger partial charge >= 0.3 is 0 Å². The van der Waals surface area contributed by atoms with Crippen LogP contribution < -0.4 is 10.1 Å². The molecule has 0 spiro atoms. The highest BCUT2D eigenvalue weighted by Crippen LogP contribution is 2.20. The molecule has 2 aromatic carbocycles. The zero-order valence-electron chi connectivity index (χ0n) is 10.7. The van der Waals surface area contributed by atoms with Crippen molar-refractivity contribution in [2.24, 2.45) is 0 Å². The summed E-state index contributed by atoms with van der Waals surface area (Å²) in [5, 5.41) is 2.64. The van der Waals surface area contributed by atoms with Gasteiger partial charge < -0.3 is 10.1 Å². The lowest BCUT2D eigenvalue weighted by Gasteiger charge is -2.09. The number of nitrogens with one attached hydrogen (secondary N) is 1. The fourth-order valence-corrected chi connectivity index (χ4v) is 1.70. The average Bonchev–Trinajstić information content (AvgIpc) is 2.43. The Morgan fingerprint density at radius 3 is 2.63 bits per heavy atom. The molecule has 0 aliphatic carbocycles. The number of ether oxygens (including phenoxy) is 1. The van der Waals surface area contributed by atoms with E-state index in [0.29, 0.717) is 22.6 Å². The van der Waals surface area contributed by atoms with Gasteiger partial charge in [0.2, 0.25) is 0 Å². The van der Waals surface area contributed by atoms with Gasteiger partial charge in [0, 0.05) is 5.69 Å². The molecule has 0 unspecified atom stereocenters. The average molecular weight is 259 g/mol. The minimum atomic E-state index is -0.349. The molecule has 0 saturated heterocycles. The minimum Gasteiger partial charge on any atom is -0.496 e. The third-order valence-corrected chi connectivity index (χ3v) is 2.78. The SMILES string of the molecule is COc1ccccc1C(=O)Nc1ccc(C)c(F)c1. The molecule has 0 aromatic heterocycles. The number of anilines is 1. The summed E-state index contributed by atoms with van der Waals surface area (Å²) < 4.78 is 18.5. The lowest BCUT2D eigenvalue weighted by atomic mass is 10.1.